The lowest BCUT2D eigenvalue weighted by Crippen LogP contribution is -2.40. The van der Waals surface area contributed by atoms with Crippen molar-refractivity contribution in [2.24, 2.45) is 0 Å². The molecule has 5 nitrogen and oxygen atoms in total. The summed E-state index contributed by atoms with van der Waals surface area (Å²) in [5.41, 5.74) is 1.73. The molecule has 2 rings (SSSR count). The van der Waals surface area contributed by atoms with Crippen LogP contribution in [0.5, 0.6) is 5.75 Å². The number of rotatable bonds is 7. The fourth-order valence-electron chi connectivity index (χ4n) is 2.54. The van der Waals surface area contributed by atoms with Crippen molar-refractivity contribution in [3.63, 3.8) is 0 Å². The zero-order chi connectivity index (χ0) is 18.2. The normalized spacial score (nSPS) is 11.5. The molecule has 0 fully saturated rings. The zero-order valence-corrected chi connectivity index (χ0v) is 14.9. The first kappa shape index (κ1) is 18.5. The Balaban J connectivity index is 2.18. The van der Waals surface area contributed by atoms with Crippen LogP contribution in [0, 0.1) is 0 Å². The second-order valence-corrected chi connectivity index (χ2v) is 5.81. The van der Waals surface area contributed by atoms with Gasteiger partial charge in [0.1, 0.15) is 11.8 Å². The van der Waals surface area contributed by atoms with Gasteiger partial charge in [0.2, 0.25) is 11.8 Å². The number of amides is 2. The van der Waals surface area contributed by atoms with Crippen molar-refractivity contribution in [2.75, 3.05) is 14.2 Å². The maximum absolute atomic E-state index is 12.9. The van der Waals surface area contributed by atoms with Gasteiger partial charge in [0.25, 0.3) is 0 Å². The molecule has 2 amide bonds. The molecular formula is C20H24N2O3. The molecular weight excluding hydrogens is 316 g/mol. The average molecular weight is 340 g/mol. The summed E-state index contributed by atoms with van der Waals surface area (Å²) >= 11 is 0. The van der Waals surface area contributed by atoms with Crippen molar-refractivity contribution in [1.82, 2.24) is 10.2 Å². The Kier molecular flexibility index (Phi) is 6.57. The van der Waals surface area contributed by atoms with E-state index in [-0.39, 0.29) is 11.8 Å². The van der Waals surface area contributed by atoms with Crippen LogP contribution in [0.4, 0.5) is 0 Å². The van der Waals surface area contributed by atoms with Gasteiger partial charge < -0.3 is 15.0 Å². The summed E-state index contributed by atoms with van der Waals surface area (Å²) in [7, 11) is 3.34. The molecule has 0 aromatic heterocycles. The highest BCUT2D eigenvalue weighted by Gasteiger charge is 2.25. The minimum atomic E-state index is -0.691. The molecule has 1 unspecified atom stereocenters. The van der Waals surface area contributed by atoms with Crippen LogP contribution in [0.3, 0.4) is 0 Å². The summed E-state index contributed by atoms with van der Waals surface area (Å²) < 4.78 is 5.22. The fourth-order valence-corrected chi connectivity index (χ4v) is 2.54. The lowest BCUT2D eigenvalue weighted by Gasteiger charge is -2.25. The van der Waals surface area contributed by atoms with E-state index in [1.807, 2.05) is 54.6 Å². The van der Waals surface area contributed by atoms with Crippen molar-refractivity contribution in [3.8, 4) is 5.75 Å². The Bertz CT molecular complexity index is 716. The lowest BCUT2D eigenvalue weighted by atomic mass is 10.0. The number of methoxy groups -OCH3 is 1. The predicted octanol–water partition coefficient (Wildman–Crippen LogP) is 2.92. The maximum atomic E-state index is 12.9. The summed E-state index contributed by atoms with van der Waals surface area (Å²) in [6.45, 7) is 2.20. The summed E-state index contributed by atoms with van der Waals surface area (Å²) in [6, 6.07) is 16.2. The molecule has 132 valence electrons. The lowest BCUT2D eigenvalue weighted by molar-refractivity contribution is -0.136. The summed E-state index contributed by atoms with van der Waals surface area (Å²) in [6.07, 6.45) is 0.330. The Hall–Kier alpha value is -2.82. The number of likely N-dealkylation sites (N-methyl/N-ethyl adjacent to an activating group) is 1. The van der Waals surface area contributed by atoms with Gasteiger partial charge in [-0.05, 0) is 23.3 Å². The van der Waals surface area contributed by atoms with Crippen LogP contribution in [0.25, 0.3) is 0 Å². The van der Waals surface area contributed by atoms with E-state index >= 15 is 0 Å². The second kappa shape index (κ2) is 8.87. The number of nitrogens with zero attached hydrogens (tertiary/aromatic N) is 1. The quantitative estimate of drug-likeness (QED) is 0.843. The minimum absolute atomic E-state index is 0.156. The van der Waals surface area contributed by atoms with Crippen LogP contribution in [-0.4, -0.2) is 30.9 Å². The highest BCUT2D eigenvalue weighted by atomic mass is 16.5. The Labute approximate surface area is 148 Å². The Morgan fingerprint density at radius 1 is 1.12 bits per heavy atom. The fraction of sp³-hybridized carbons (Fsp3) is 0.300. The molecule has 5 heteroatoms. The number of nitrogens with one attached hydrogen (secondary N) is 1. The van der Waals surface area contributed by atoms with E-state index < -0.39 is 6.04 Å². The summed E-state index contributed by atoms with van der Waals surface area (Å²) in [5, 5.41) is 2.82. The zero-order valence-electron chi connectivity index (χ0n) is 14.9. The van der Waals surface area contributed by atoms with E-state index in [4.69, 9.17) is 4.74 Å². The third-order valence-electron chi connectivity index (χ3n) is 3.94. The van der Waals surface area contributed by atoms with Gasteiger partial charge in [0.05, 0.1) is 7.11 Å². The molecule has 0 bridgehead atoms. The first-order valence-corrected chi connectivity index (χ1v) is 8.27. The van der Waals surface area contributed by atoms with Gasteiger partial charge in [0, 0.05) is 20.0 Å². The highest BCUT2D eigenvalue weighted by molar-refractivity contribution is 5.88. The van der Waals surface area contributed by atoms with Crippen molar-refractivity contribution in [2.45, 2.75) is 25.9 Å². The standard InChI is InChI=1S/C20H24N2O3/c1-4-18(23)21-19(16-10-6-5-7-11-16)20(24)22(2)14-15-9-8-12-17(13-15)25-3/h5-13,19H,4,14H2,1-3H3,(H,21,23). The monoisotopic (exact) mass is 340 g/mol. The molecule has 0 saturated carbocycles. The van der Waals surface area contributed by atoms with Crippen LogP contribution < -0.4 is 10.1 Å². The van der Waals surface area contributed by atoms with Gasteiger partial charge in [-0.1, -0.05) is 49.4 Å². The van der Waals surface area contributed by atoms with E-state index in [0.717, 1.165) is 16.9 Å². The Morgan fingerprint density at radius 3 is 2.48 bits per heavy atom. The third-order valence-corrected chi connectivity index (χ3v) is 3.94. The minimum Gasteiger partial charge on any atom is -0.497 e. The largest absolute Gasteiger partial charge is 0.497 e. The third kappa shape index (κ3) is 5.08. The van der Waals surface area contributed by atoms with Crippen molar-refractivity contribution in [3.05, 3.63) is 65.7 Å². The topological polar surface area (TPSA) is 58.6 Å². The van der Waals surface area contributed by atoms with E-state index in [0.29, 0.717) is 13.0 Å². The number of hydrogen-bond donors (Lipinski definition) is 1. The van der Waals surface area contributed by atoms with Crippen LogP contribution in [0.1, 0.15) is 30.5 Å². The smallest absolute Gasteiger partial charge is 0.249 e. The highest BCUT2D eigenvalue weighted by Crippen LogP contribution is 2.18. The molecule has 1 atom stereocenters. The predicted molar refractivity (Wildman–Crippen MR) is 97.1 cm³/mol. The molecule has 2 aromatic rings. The van der Waals surface area contributed by atoms with Gasteiger partial charge in [-0.15, -0.1) is 0 Å². The van der Waals surface area contributed by atoms with Gasteiger partial charge in [-0.25, -0.2) is 0 Å². The number of hydrogen-bond acceptors (Lipinski definition) is 3. The van der Waals surface area contributed by atoms with Crippen LogP contribution in [0.15, 0.2) is 54.6 Å². The number of ether oxygens (including phenoxy) is 1. The molecule has 0 spiro atoms. The molecule has 1 N–H and O–H groups in total. The van der Waals surface area contributed by atoms with Crippen LogP contribution in [-0.2, 0) is 16.1 Å². The SMILES string of the molecule is CCC(=O)NC(C(=O)N(C)Cc1cccc(OC)c1)c1ccccc1. The first-order chi connectivity index (χ1) is 12.0. The van der Waals surface area contributed by atoms with Crippen molar-refractivity contribution in [1.29, 1.82) is 0 Å². The van der Waals surface area contributed by atoms with Crippen LogP contribution in [0.2, 0.25) is 0 Å². The number of carbonyl (C=O) groups excluding carboxylic acids is 2. The first-order valence-electron chi connectivity index (χ1n) is 8.27. The summed E-state index contributed by atoms with van der Waals surface area (Å²) in [4.78, 5) is 26.4. The molecule has 0 heterocycles. The van der Waals surface area contributed by atoms with Gasteiger partial charge >= 0.3 is 0 Å². The molecule has 0 aliphatic carbocycles. The van der Waals surface area contributed by atoms with Crippen molar-refractivity contribution >= 4 is 11.8 Å². The molecule has 0 saturated heterocycles. The Morgan fingerprint density at radius 2 is 1.84 bits per heavy atom. The van der Waals surface area contributed by atoms with Crippen LogP contribution >= 0.6 is 0 Å². The van der Waals surface area contributed by atoms with Gasteiger partial charge in [-0.2, -0.15) is 0 Å². The maximum Gasteiger partial charge on any atom is 0.249 e. The molecule has 0 aliphatic rings. The summed E-state index contributed by atoms with van der Waals surface area (Å²) in [5.74, 6) is 0.435. The molecule has 0 radical (unpaired) electrons. The van der Waals surface area contributed by atoms with Gasteiger partial charge in [-0.3, -0.25) is 9.59 Å². The molecule has 0 aliphatic heterocycles. The molecule has 25 heavy (non-hydrogen) atoms. The number of benzene rings is 2. The van der Waals surface area contributed by atoms with E-state index in [9.17, 15) is 9.59 Å². The van der Waals surface area contributed by atoms with E-state index in [1.54, 1.807) is 26.0 Å². The second-order valence-electron chi connectivity index (χ2n) is 5.81. The number of carbonyl (C=O) groups is 2. The van der Waals surface area contributed by atoms with E-state index in [1.165, 1.54) is 0 Å². The van der Waals surface area contributed by atoms with Crippen molar-refractivity contribution < 1.29 is 14.3 Å². The van der Waals surface area contributed by atoms with Gasteiger partial charge in [0.15, 0.2) is 0 Å². The molecule has 2 aromatic carbocycles. The average Bonchev–Trinajstić information content (AvgIpc) is 2.66. The van der Waals surface area contributed by atoms with E-state index in [2.05, 4.69) is 5.32 Å².